The summed E-state index contributed by atoms with van der Waals surface area (Å²) in [6, 6.07) is 12.1. The van der Waals surface area contributed by atoms with Gasteiger partial charge in [-0.2, -0.15) is 0 Å². The topological polar surface area (TPSA) is 70.7 Å². The second-order valence-corrected chi connectivity index (χ2v) is 6.58. The number of carbonyl (C=O) groups is 1. The van der Waals surface area contributed by atoms with Crippen LogP contribution in [-0.2, 0) is 16.1 Å². The zero-order valence-electron chi connectivity index (χ0n) is 14.3. The number of nitrogens with zero attached hydrogens (tertiary/aromatic N) is 1. The van der Waals surface area contributed by atoms with Crippen molar-refractivity contribution in [3.63, 3.8) is 0 Å². The van der Waals surface area contributed by atoms with E-state index in [4.69, 9.17) is 37.1 Å². The van der Waals surface area contributed by atoms with E-state index < -0.39 is 5.76 Å². The number of aromatic nitrogens is 1. The highest BCUT2D eigenvalue weighted by molar-refractivity contribution is 6.35. The highest BCUT2D eigenvalue weighted by Gasteiger charge is 2.10. The van der Waals surface area contributed by atoms with Crippen LogP contribution in [-0.4, -0.2) is 23.8 Å². The highest BCUT2D eigenvalue weighted by atomic mass is 35.5. The van der Waals surface area contributed by atoms with Gasteiger partial charge in [-0.25, -0.2) is 4.79 Å². The summed E-state index contributed by atoms with van der Waals surface area (Å²) in [4.78, 5) is 23.7. The van der Waals surface area contributed by atoms with Crippen molar-refractivity contribution in [2.24, 2.45) is 0 Å². The van der Waals surface area contributed by atoms with Crippen LogP contribution in [0.25, 0.3) is 11.1 Å². The molecule has 0 spiro atoms. The van der Waals surface area contributed by atoms with Gasteiger partial charge in [0.15, 0.2) is 5.58 Å². The van der Waals surface area contributed by atoms with E-state index in [1.807, 2.05) is 6.07 Å². The van der Waals surface area contributed by atoms with Gasteiger partial charge < -0.3 is 13.9 Å². The number of aryl methyl sites for hydroxylation is 1. The van der Waals surface area contributed by atoms with Crippen LogP contribution in [0.1, 0.15) is 12.8 Å². The fraction of sp³-hybridized carbons (Fsp3) is 0.263. The molecule has 27 heavy (non-hydrogen) atoms. The molecule has 0 aliphatic rings. The van der Waals surface area contributed by atoms with Crippen molar-refractivity contribution in [2.45, 2.75) is 19.4 Å². The first-order chi connectivity index (χ1) is 13.0. The third kappa shape index (κ3) is 5.05. The first-order valence-corrected chi connectivity index (χ1v) is 9.12. The van der Waals surface area contributed by atoms with E-state index in [9.17, 15) is 9.59 Å². The molecule has 2 aromatic carbocycles. The van der Waals surface area contributed by atoms with Crippen LogP contribution in [0.15, 0.2) is 51.7 Å². The van der Waals surface area contributed by atoms with Crippen molar-refractivity contribution in [1.29, 1.82) is 0 Å². The van der Waals surface area contributed by atoms with Crippen LogP contribution in [0.4, 0.5) is 0 Å². The maximum absolute atomic E-state index is 11.9. The van der Waals surface area contributed by atoms with Crippen molar-refractivity contribution >= 4 is 40.3 Å². The molecule has 0 atom stereocenters. The zero-order valence-corrected chi connectivity index (χ0v) is 15.8. The molecule has 0 unspecified atom stereocenters. The van der Waals surface area contributed by atoms with Gasteiger partial charge in [-0.05, 0) is 36.8 Å². The van der Waals surface area contributed by atoms with E-state index in [2.05, 4.69) is 0 Å². The molecule has 0 radical (unpaired) electrons. The van der Waals surface area contributed by atoms with E-state index >= 15 is 0 Å². The minimum atomic E-state index is -0.433. The van der Waals surface area contributed by atoms with Gasteiger partial charge in [-0.1, -0.05) is 35.3 Å². The Kier molecular flexibility index (Phi) is 6.42. The number of benzene rings is 2. The smallest absolute Gasteiger partial charge is 0.419 e. The number of oxazole rings is 1. The molecule has 0 fully saturated rings. The molecular formula is C19H17Cl2NO5. The molecule has 0 N–H and O–H groups in total. The molecular weight excluding hydrogens is 393 g/mol. The average Bonchev–Trinajstić information content (AvgIpc) is 2.96. The fourth-order valence-electron chi connectivity index (χ4n) is 2.58. The average molecular weight is 410 g/mol. The first kappa shape index (κ1) is 19.3. The molecule has 3 rings (SSSR count). The fourth-order valence-corrected chi connectivity index (χ4v) is 3.04. The van der Waals surface area contributed by atoms with Crippen molar-refractivity contribution in [3.05, 3.63) is 63.1 Å². The lowest BCUT2D eigenvalue weighted by Gasteiger charge is -2.09. The van der Waals surface area contributed by atoms with Crippen LogP contribution < -0.4 is 10.5 Å². The first-order valence-electron chi connectivity index (χ1n) is 8.36. The lowest BCUT2D eigenvalue weighted by molar-refractivity contribution is -0.144. The Bertz CT molecular complexity index is 995. The Balaban J connectivity index is 1.40. The Morgan fingerprint density at radius 1 is 1.11 bits per heavy atom. The van der Waals surface area contributed by atoms with Crippen LogP contribution in [0.3, 0.4) is 0 Å². The van der Waals surface area contributed by atoms with Crippen LogP contribution in [0.5, 0.6) is 5.75 Å². The number of rotatable bonds is 8. The molecule has 0 aliphatic carbocycles. The molecule has 6 nitrogen and oxygen atoms in total. The molecule has 0 saturated heterocycles. The predicted octanol–water partition coefficient (Wildman–Crippen LogP) is 4.30. The summed E-state index contributed by atoms with van der Waals surface area (Å²) in [5.41, 5.74) is 1.24. The lowest BCUT2D eigenvalue weighted by Crippen LogP contribution is -2.16. The summed E-state index contributed by atoms with van der Waals surface area (Å²) in [7, 11) is 0. The SMILES string of the molecule is O=C(CCCn1c(=O)oc2ccccc21)OCCOc1ccc(Cl)cc1Cl. The highest BCUT2D eigenvalue weighted by Crippen LogP contribution is 2.27. The number of ether oxygens (including phenoxy) is 2. The molecule has 8 heteroatoms. The number of carbonyl (C=O) groups excluding carboxylic acids is 1. The molecule has 0 aliphatic heterocycles. The quantitative estimate of drug-likeness (QED) is 0.409. The number of para-hydroxylation sites is 2. The maximum atomic E-state index is 11.9. The maximum Gasteiger partial charge on any atom is 0.419 e. The van der Waals surface area contributed by atoms with Crippen molar-refractivity contribution in [2.75, 3.05) is 13.2 Å². The van der Waals surface area contributed by atoms with Crippen molar-refractivity contribution in [1.82, 2.24) is 4.57 Å². The molecule has 0 amide bonds. The molecule has 1 heterocycles. The van der Waals surface area contributed by atoms with Gasteiger partial charge >= 0.3 is 11.7 Å². The van der Waals surface area contributed by atoms with Crippen LogP contribution in [0, 0.1) is 0 Å². The van der Waals surface area contributed by atoms with Gasteiger partial charge in [-0.15, -0.1) is 0 Å². The van der Waals surface area contributed by atoms with Crippen LogP contribution in [0.2, 0.25) is 10.0 Å². The number of hydrogen-bond acceptors (Lipinski definition) is 5. The van der Waals surface area contributed by atoms with Gasteiger partial charge in [0.25, 0.3) is 0 Å². The second kappa shape index (κ2) is 8.97. The molecule has 0 bridgehead atoms. The normalized spacial score (nSPS) is 10.9. The van der Waals surface area contributed by atoms with E-state index in [1.165, 1.54) is 4.57 Å². The van der Waals surface area contributed by atoms with E-state index in [0.717, 1.165) is 0 Å². The van der Waals surface area contributed by atoms with Gasteiger partial charge in [0, 0.05) is 18.0 Å². The van der Waals surface area contributed by atoms with Crippen molar-refractivity contribution in [3.8, 4) is 5.75 Å². The summed E-state index contributed by atoms with van der Waals surface area (Å²) in [6.07, 6.45) is 0.653. The largest absolute Gasteiger partial charge is 0.488 e. The standard InChI is InChI=1S/C19H17Cl2NO5/c20-13-7-8-16(14(21)12-13)25-10-11-26-18(23)6-3-9-22-15-4-1-2-5-17(15)27-19(22)24/h1-2,4-5,7-8,12H,3,6,9-11H2. The predicted molar refractivity (Wildman–Crippen MR) is 103 cm³/mol. The minimum absolute atomic E-state index is 0.104. The summed E-state index contributed by atoms with van der Waals surface area (Å²) >= 11 is 11.8. The van der Waals surface area contributed by atoms with E-state index in [0.29, 0.717) is 39.9 Å². The summed E-state index contributed by atoms with van der Waals surface area (Å²) in [5.74, 6) is -0.317. The number of hydrogen-bond donors (Lipinski definition) is 0. The Labute approximate surface area is 165 Å². The van der Waals surface area contributed by atoms with Crippen molar-refractivity contribution < 1.29 is 18.7 Å². The number of esters is 1. The monoisotopic (exact) mass is 409 g/mol. The lowest BCUT2D eigenvalue weighted by atomic mass is 10.3. The second-order valence-electron chi connectivity index (χ2n) is 5.73. The summed E-state index contributed by atoms with van der Waals surface area (Å²) in [5, 5.41) is 0.912. The van der Waals surface area contributed by atoms with Crippen LogP contribution >= 0.6 is 23.2 Å². The third-order valence-electron chi connectivity index (χ3n) is 3.83. The van der Waals surface area contributed by atoms with E-state index in [1.54, 1.807) is 36.4 Å². The zero-order chi connectivity index (χ0) is 19.2. The molecule has 3 aromatic rings. The number of fused-ring (bicyclic) bond motifs is 1. The Morgan fingerprint density at radius 2 is 1.93 bits per heavy atom. The Morgan fingerprint density at radius 3 is 2.74 bits per heavy atom. The molecule has 0 saturated carbocycles. The molecule has 142 valence electrons. The minimum Gasteiger partial charge on any atom is -0.488 e. The van der Waals surface area contributed by atoms with Gasteiger partial charge in [0.1, 0.15) is 19.0 Å². The third-order valence-corrected chi connectivity index (χ3v) is 4.36. The van der Waals surface area contributed by atoms with Gasteiger partial charge in [-0.3, -0.25) is 9.36 Å². The van der Waals surface area contributed by atoms with Gasteiger partial charge in [0.05, 0.1) is 10.5 Å². The van der Waals surface area contributed by atoms with E-state index in [-0.39, 0.29) is 25.6 Å². The molecule has 1 aromatic heterocycles. The Hall–Kier alpha value is -2.44. The number of halogens is 2. The van der Waals surface area contributed by atoms with Gasteiger partial charge in [0.2, 0.25) is 0 Å². The summed E-state index contributed by atoms with van der Waals surface area (Å²) < 4.78 is 17.2. The summed E-state index contributed by atoms with van der Waals surface area (Å²) in [6.45, 7) is 0.660.